The minimum absolute atomic E-state index is 0. The van der Waals surface area contributed by atoms with Gasteiger partial charge in [-0.1, -0.05) is 94.8 Å². The van der Waals surface area contributed by atoms with Crippen molar-refractivity contribution in [2.45, 2.75) is 65.2 Å². The van der Waals surface area contributed by atoms with E-state index in [0.717, 1.165) is 5.92 Å². The number of hydrogen-bond donors (Lipinski definition) is 0. The second-order valence-electron chi connectivity index (χ2n) is 8.44. The first-order valence-electron chi connectivity index (χ1n) is 10.7. The quantitative estimate of drug-likeness (QED) is 0.496. The molecule has 0 aromatic heterocycles. The number of fused-ring (bicyclic) bond motifs is 1. The van der Waals surface area contributed by atoms with Crippen molar-refractivity contribution in [3.05, 3.63) is 69.6 Å². The fraction of sp³-hybridized carbons (Fsp3) is 0.407. The Kier molecular flexibility index (Phi) is 7.32. The van der Waals surface area contributed by atoms with E-state index in [-0.39, 0.29) is 26.2 Å². The van der Waals surface area contributed by atoms with Gasteiger partial charge in [0, 0.05) is 26.2 Å². The molecular weight excluding hydrogens is 416 g/mol. The number of hydrogen-bond acceptors (Lipinski definition) is 0. The van der Waals surface area contributed by atoms with E-state index >= 15 is 0 Å². The summed E-state index contributed by atoms with van der Waals surface area (Å²) in [4.78, 5) is 0. The molecule has 0 amide bonds. The first-order valence-corrected chi connectivity index (χ1v) is 10.7. The van der Waals surface area contributed by atoms with Crippen LogP contribution in [0.1, 0.15) is 69.4 Å². The topological polar surface area (TPSA) is 0 Å². The van der Waals surface area contributed by atoms with Gasteiger partial charge >= 0.3 is 0 Å². The van der Waals surface area contributed by atoms with E-state index in [1.807, 2.05) is 0 Å². The molecule has 144 valence electrons. The zero-order valence-electron chi connectivity index (χ0n) is 17.5. The molecule has 2 aliphatic carbocycles. The monoisotopic (exact) mass is 445 g/mol. The molecule has 0 saturated heterocycles. The van der Waals surface area contributed by atoms with Crippen molar-refractivity contribution in [1.29, 1.82) is 0 Å². The standard InChI is InChI=1S/C27H31.Zr/c1-4-19(2)23-11-13-24(14-12-23)25-15-10-20(3)26-17-22(18-27(25)26)16-21-8-6-5-7-9-21;/h10-16,18-19,21H,4-9H2,1-3H3;/q-1;. The molecule has 0 radical (unpaired) electrons. The summed E-state index contributed by atoms with van der Waals surface area (Å²) in [6.45, 7) is 6.77. The van der Waals surface area contributed by atoms with Gasteiger partial charge in [0.1, 0.15) is 0 Å². The fourth-order valence-corrected chi connectivity index (χ4v) is 4.50. The maximum atomic E-state index is 3.70. The van der Waals surface area contributed by atoms with Crippen LogP contribution in [-0.2, 0) is 26.2 Å². The normalized spacial score (nSPS) is 18.8. The van der Waals surface area contributed by atoms with Crippen molar-refractivity contribution in [2.75, 3.05) is 0 Å². The van der Waals surface area contributed by atoms with Crippen LogP contribution >= 0.6 is 0 Å². The van der Waals surface area contributed by atoms with Crippen LogP contribution in [0.3, 0.4) is 0 Å². The largest absolute Gasteiger partial charge is 0.145 e. The Hall–Kier alpha value is -1.20. The van der Waals surface area contributed by atoms with Crippen LogP contribution in [-0.4, -0.2) is 0 Å². The second-order valence-corrected chi connectivity index (χ2v) is 8.44. The Balaban J connectivity index is 0.00000225. The van der Waals surface area contributed by atoms with Crippen LogP contribution in [0.15, 0.2) is 48.0 Å². The summed E-state index contributed by atoms with van der Waals surface area (Å²) in [5.41, 5.74) is 6.71. The van der Waals surface area contributed by atoms with E-state index in [1.165, 1.54) is 76.8 Å². The van der Waals surface area contributed by atoms with Crippen molar-refractivity contribution in [2.24, 2.45) is 5.92 Å². The molecule has 1 fully saturated rings. The SMILES string of the molecule is CCC(C)c1ccc(-c2ccc(C)c3c2=CC(=CC2CCCCC2)[C-]=3)cc1.[Zr]. The predicted octanol–water partition coefficient (Wildman–Crippen LogP) is 6.13. The summed E-state index contributed by atoms with van der Waals surface area (Å²) in [6, 6.07) is 13.7. The summed E-state index contributed by atoms with van der Waals surface area (Å²) in [5.74, 6) is 1.37. The van der Waals surface area contributed by atoms with Gasteiger partial charge in [0.15, 0.2) is 0 Å². The first-order chi connectivity index (χ1) is 13.2. The molecule has 1 atom stereocenters. The van der Waals surface area contributed by atoms with E-state index in [0.29, 0.717) is 5.92 Å². The van der Waals surface area contributed by atoms with Gasteiger partial charge in [-0.2, -0.15) is 0 Å². The van der Waals surface area contributed by atoms with Gasteiger partial charge in [-0.25, -0.2) is 0 Å². The van der Waals surface area contributed by atoms with Crippen LogP contribution in [0.5, 0.6) is 0 Å². The van der Waals surface area contributed by atoms with Crippen molar-refractivity contribution in [1.82, 2.24) is 0 Å². The molecule has 0 aliphatic heterocycles. The average molecular weight is 447 g/mol. The summed E-state index contributed by atoms with van der Waals surface area (Å²) in [6.07, 6.45) is 16.6. The maximum absolute atomic E-state index is 3.70. The van der Waals surface area contributed by atoms with Crippen molar-refractivity contribution in [3.8, 4) is 11.1 Å². The van der Waals surface area contributed by atoms with Gasteiger partial charge < -0.3 is 0 Å². The van der Waals surface area contributed by atoms with Gasteiger partial charge in [0.25, 0.3) is 0 Å². The zero-order valence-corrected chi connectivity index (χ0v) is 20.0. The summed E-state index contributed by atoms with van der Waals surface area (Å²) in [5, 5.41) is 2.65. The van der Waals surface area contributed by atoms with Crippen LogP contribution < -0.4 is 10.4 Å². The van der Waals surface area contributed by atoms with Gasteiger partial charge in [-0.15, -0.1) is 39.8 Å². The molecule has 1 heteroatoms. The van der Waals surface area contributed by atoms with Gasteiger partial charge in [0.2, 0.25) is 0 Å². The molecule has 0 bridgehead atoms. The Morgan fingerprint density at radius 3 is 2.43 bits per heavy atom. The van der Waals surface area contributed by atoms with Crippen LogP contribution in [0, 0.1) is 12.8 Å². The Bertz CT molecular complexity index is 957. The molecule has 0 spiro atoms. The Morgan fingerprint density at radius 1 is 1.04 bits per heavy atom. The molecule has 0 N–H and O–H groups in total. The van der Waals surface area contributed by atoms with E-state index < -0.39 is 0 Å². The Labute approximate surface area is 189 Å². The first kappa shape index (κ1) is 21.5. The minimum Gasteiger partial charge on any atom is -0.145 e. The average Bonchev–Trinajstić information content (AvgIpc) is 3.13. The molecule has 0 heterocycles. The molecule has 1 unspecified atom stereocenters. The summed E-state index contributed by atoms with van der Waals surface area (Å²) >= 11 is 0. The number of rotatable bonds is 4. The molecule has 2 aromatic rings. The number of aryl methyl sites for hydroxylation is 1. The smallest absolute Gasteiger partial charge is 0 e. The zero-order chi connectivity index (χ0) is 18.8. The molecule has 1 saturated carbocycles. The molecule has 0 nitrogen and oxygen atoms in total. The van der Waals surface area contributed by atoms with E-state index in [1.54, 1.807) is 0 Å². The second kappa shape index (κ2) is 9.53. The van der Waals surface area contributed by atoms with Crippen LogP contribution in [0.2, 0.25) is 0 Å². The van der Waals surface area contributed by atoms with Crippen molar-refractivity contribution in [3.63, 3.8) is 0 Å². The van der Waals surface area contributed by atoms with E-state index in [2.05, 4.69) is 75.4 Å². The Morgan fingerprint density at radius 2 is 1.75 bits per heavy atom. The third-order valence-corrected chi connectivity index (χ3v) is 6.49. The third kappa shape index (κ3) is 4.51. The van der Waals surface area contributed by atoms with Gasteiger partial charge in [0.05, 0.1) is 0 Å². The van der Waals surface area contributed by atoms with Gasteiger partial charge in [-0.3, -0.25) is 0 Å². The molecule has 28 heavy (non-hydrogen) atoms. The molecule has 4 rings (SSSR count). The third-order valence-electron chi connectivity index (χ3n) is 6.49. The van der Waals surface area contributed by atoms with Crippen molar-refractivity contribution < 1.29 is 26.2 Å². The van der Waals surface area contributed by atoms with Crippen molar-refractivity contribution >= 4 is 12.2 Å². The fourth-order valence-electron chi connectivity index (χ4n) is 4.50. The van der Waals surface area contributed by atoms with Crippen LogP contribution in [0.25, 0.3) is 23.3 Å². The molecular formula is C27H31Zr-. The van der Waals surface area contributed by atoms with E-state index in [9.17, 15) is 0 Å². The maximum Gasteiger partial charge on any atom is 0 e. The van der Waals surface area contributed by atoms with Gasteiger partial charge in [-0.05, 0) is 29.4 Å². The predicted molar refractivity (Wildman–Crippen MR) is 117 cm³/mol. The van der Waals surface area contributed by atoms with E-state index in [4.69, 9.17) is 0 Å². The summed E-state index contributed by atoms with van der Waals surface area (Å²) < 4.78 is 0. The molecule has 2 aliphatic rings. The summed E-state index contributed by atoms with van der Waals surface area (Å²) in [7, 11) is 0. The number of allylic oxidation sites excluding steroid dienone is 2. The number of benzene rings is 2. The molecule has 2 aromatic carbocycles. The minimum atomic E-state index is 0. The van der Waals surface area contributed by atoms with Crippen LogP contribution in [0.4, 0.5) is 0 Å².